The van der Waals surface area contributed by atoms with Crippen LogP contribution in [0.15, 0.2) is 42.6 Å². The lowest BCUT2D eigenvalue weighted by atomic mass is 10.1. The number of fused-ring (bicyclic) bond motifs is 1. The Morgan fingerprint density at radius 2 is 2.04 bits per heavy atom. The highest BCUT2D eigenvalue weighted by Crippen LogP contribution is 2.25. The number of piperidine rings is 1. The Bertz CT molecular complexity index is 927. The van der Waals surface area contributed by atoms with Crippen LogP contribution in [-0.2, 0) is 6.54 Å². The summed E-state index contributed by atoms with van der Waals surface area (Å²) in [5, 5.41) is 0. The van der Waals surface area contributed by atoms with E-state index in [0.717, 1.165) is 48.6 Å². The molecule has 1 aromatic carbocycles. The number of anilines is 1. The number of pyridine rings is 1. The summed E-state index contributed by atoms with van der Waals surface area (Å²) in [6.45, 7) is 9.55. The van der Waals surface area contributed by atoms with Crippen LogP contribution in [0, 0.1) is 6.57 Å². The van der Waals surface area contributed by atoms with E-state index in [0.29, 0.717) is 12.2 Å². The van der Waals surface area contributed by atoms with Gasteiger partial charge in [0.05, 0.1) is 13.1 Å². The van der Waals surface area contributed by atoms with Gasteiger partial charge in [0, 0.05) is 25.3 Å². The van der Waals surface area contributed by atoms with E-state index in [9.17, 15) is 0 Å². The molecule has 0 radical (unpaired) electrons. The fraction of sp³-hybridized carbons (Fsp3) is 0.316. The van der Waals surface area contributed by atoms with E-state index in [1.54, 1.807) is 6.20 Å². The normalized spacial score (nSPS) is 16.9. The van der Waals surface area contributed by atoms with Crippen molar-refractivity contribution in [2.75, 3.05) is 18.0 Å². The van der Waals surface area contributed by atoms with Crippen molar-refractivity contribution in [3.05, 3.63) is 59.6 Å². The van der Waals surface area contributed by atoms with Gasteiger partial charge in [-0.25, -0.2) is 14.8 Å². The van der Waals surface area contributed by atoms with E-state index >= 15 is 0 Å². The van der Waals surface area contributed by atoms with Gasteiger partial charge in [-0.05, 0) is 30.5 Å². The first kappa shape index (κ1) is 18.2. The summed E-state index contributed by atoms with van der Waals surface area (Å²) in [5.41, 5.74) is 9.72. The Labute approximate surface area is 158 Å². The monoisotopic (exact) mass is 368 g/mol. The minimum atomic E-state index is 0. The third kappa shape index (κ3) is 3.50. The second-order valence-corrected chi connectivity index (χ2v) is 6.47. The first-order chi connectivity index (χ1) is 12.2. The molecule has 6 nitrogen and oxygen atoms in total. The summed E-state index contributed by atoms with van der Waals surface area (Å²) in [6, 6.07) is 11.8. The topological polar surface area (TPSA) is 64.3 Å². The maximum absolute atomic E-state index is 7.09. The maximum Gasteiger partial charge on any atom is 0.208 e. The van der Waals surface area contributed by atoms with Crippen molar-refractivity contribution in [1.82, 2.24) is 14.5 Å². The Morgan fingerprint density at radius 1 is 1.23 bits per heavy atom. The van der Waals surface area contributed by atoms with Crippen LogP contribution in [0.3, 0.4) is 0 Å². The fourth-order valence-corrected chi connectivity index (χ4v) is 3.38. The molecule has 1 atom stereocenters. The molecule has 0 bridgehead atoms. The molecule has 2 N–H and O–H groups in total. The highest BCUT2D eigenvalue weighted by molar-refractivity contribution is 5.85. The van der Waals surface area contributed by atoms with E-state index in [1.165, 1.54) is 0 Å². The van der Waals surface area contributed by atoms with Crippen molar-refractivity contribution in [3.63, 3.8) is 0 Å². The third-order valence-corrected chi connectivity index (χ3v) is 4.63. The summed E-state index contributed by atoms with van der Waals surface area (Å²) in [6.07, 6.45) is 3.94. The number of benzene rings is 1. The minimum Gasteiger partial charge on any atom is -0.341 e. The maximum atomic E-state index is 7.09. The zero-order valence-electron chi connectivity index (χ0n) is 14.4. The van der Waals surface area contributed by atoms with E-state index in [1.807, 2.05) is 36.4 Å². The summed E-state index contributed by atoms with van der Waals surface area (Å²) in [7, 11) is 0. The Balaban J connectivity index is 0.00000196. The van der Waals surface area contributed by atoms with Crippen LogP contribution >= 0.6 is 12.4 Å². The lowest BCUT2D eigenvalue weighted by molar-refractivity contribution is 0.495. The van der Waals surface area contributed by atoms with Crippen LogP contribution in [0.4, 0.5) is 11.6 Å². The lowest BCUT2D eigenvalue weighted by Gasteiger charge is -2.31. The molecular formula is C19H21ClN6. The van der Waals surface area contributed by atoms with Gasteiger partial charge in [-0.1, -0.05) is 24.3 Å². The summed E-state index contributed by atoms with van der Waals surface area (Å²) in [4.78, 5) is 15.1. The number of imidazole rings is 1. The molecule has 0 aliphatic carbocycles. The first-order valence-corrected chi connectivity index (χ1v) is 8.53. The molecule has 1 fully saturated rings. The van der Waals surface area contributed by atoms with Crippen LogP contribution < -0.4 is 10.6 Å². The van der Waals surface area contributed by atoms with E-state index in [4.69, 9.17) is 17.3 Å². The molecule has 4 rings (SSSR count). The van der Waals surface area contributed by atoms with Crippen molar-refractivity contribution >= 4 is 35.2 Å². The molecular weight excluding hydrogens is 348 g/mol. The molecule has 1 saturated heterocycles. The van der Waals surface area contributed by atoms with Gasteiger partial charge in [-0.15, -0.1) is 12.4 Å². The largest absolute Gasteiger partial charge is 0.341 e. The number of rotatable bonds is 3. The van der Waals surface area contributed by atoms with Crippen LogP contribution in [0.5, 0.6) is 0 Å². The molecule has 2 aromatic heterocycles. The minimum absolute atomic E-state index is 0. The first-order valence-electron chi connectivity index (χ1n) is 8.53. The molecule has 3 heterocycles. The molecule has 0 amide bonds. The molecule has 0 saturated carbocycles. The SMILES string of the molecule is Cl.[C-]#[N+]c1ccc(Cn2c(N3CCC[C@H](N)C3)nc3cccnc32)cc1. The van der Waals surface area contributed by atoms with Gasteiger partial charge in [0.1, 0.15) is 5.52 Å². The number of hydrogen-bond acceptors (Lipinski definition) is 4. The Kier molecular flexibility index (Phi) is 5.40. The van der Waals surface area contributed by atoms with Gasteiger partial charge >= 0.3 is 0 Å². The second-order valence-electron chi connectivity index (χ2n) is 6.47. The number of hydrogen-bond donors (Lipinski definition) is 1. The number of nitrogens with zero attached hydrogens (tertiary/aromatic N) is 5. The number of nitrogens with two attached hydrogens (primary N) is 1. The zero-order chi connectivity index (χ0) is 17.2. The van der Waals surface area contributed by atoms with Gasteiger partial charge in [0.2, 0.25) is 5.95 Å². The third-order valence-electron chi connectivity index (χ3n) is 4.63. The van der Waals surface area contributed by atoms with Gasteiger partial charge < -0.3 is 10.6 Å². The van der Waals surface area contributed by atoms with Gasteiger partial charge in [0.25, 0.3) is 0 Å². The molecule has 3 aromatic rings. The quantitative estimate of drug-likeness (QED) is 0.720. The van der Waals surface area contributed by atoms with Crippen molar-refractivity contribution in [2.45, 2.75) is 25.4 Å². The van der Waals surface area contributed by atoms with Crippen LogP contribution in [0.1, 0.15) is 18.4 Å². The summed E-state index contributed by atoms with van der Waals surface area (Å²) < 4.78 is 2.15. The molecule has 0 spiro atoms. The smallest absolute Gasteiger partial charge is 0.208 e. The van der Waals surface area contributed by atoms with Gasteiger partial charge in [-0.3, -0.25) is 4.57 Å². The van der Waals surface area contributed by atoms with Crippen molar-refractivity contribution in [3.8, 4) is 0 Å². The second kappa shape index (κ2) is 7.73. The van der Waals surface area contributed by atoms with E-state index in [2.05, 4.69) is 19.3 Å². The Morgan fingerprint density at radius 3 is 2.77 bits per heavy atom. The van der Waals surface area contributed by atoms with Crippen LogP contribution in [-0.4, -0.2) is 33.7 Å². The highest BCUT2D eigenvalue weighted by Gasteiger charge is 2.23. The molecule has 1 aliphatic heterocycles. The van der Waals surface area contributed by atoms with Gasteiger partial charge in [0.15, 0.2) is 11.3 Å². The number of halogens is 1. The predicted octanol–water partition coefficient (Wildman–Crippen LogP) is 3.38. The highest BCUT2D eigenvalue weighted by atomic mass is 35.5. The summed E-state index contributed by atoms with van der Waals surface area (Å²) >= 11 is 0. The van der Waals surface area contributed by atoms with Crippen LogP contribution in [0.25, 0.3) is 16.0 Å². The van der Waals surface area contributed by atoms with Crippen molar-refractivity contribution in [2.24, 2.45) is 5.73 Å². The zero-order valence-corrected chi connectivity index (χ0v) is 15.2. The average molecular weight is 369 g/mol. The summed E-state index contributed by atoms with van der Waals surface area (Å²) in [5.74, 6) is 0.929. The van der Waals surface area contributed by atoms with Crippen molar-refractivity contribution in [1.29, 1.82) is 0 Å². The molecule has 7 heteroatoms. The van der Waals surface area contributed by atoms with E-state index in [-0.39, 0.29) is 18.4 Å². The predicted molar refractivity (Wildman–Crippen MR) is 106 cm³/mol. The lowest BCUT2D eigenvalue weighted by Crippen LogP contribution is -2.44. The molecule has 0 unspecified atom stereocenters. The molecule has 1 aliphatic rings. The van der Waals surface area contributed by atoms with Gasteiger partial charge in [-0.2, -0.15) is 0 Å². The fourth-order valence-electron chi connectivity index (χ4n) is 3.38. The Hall–Kier alpha value is -2.62. The van der Waals surface area contributed by atoms with Crippen molar-refractivity contribution < 1.29 is 0 Å². The molecule has 26 heavy (non-hydrogen) atoms. The molecule has 134 valence electrons. The van der Waals surface area contributed by atoms with Crippen LogP contribution in [0.2, 0.25) is 0 Å². The number of aromatic nitrogens is 3. The van der Waals surface area contributed by atoms with E-state index < -0.39 is 0 Å². The average Bonchev–Trinajstić information content (AvgIpc) is 3.01. The standard InChI is InChI=1S/C19H20N6.ClH/c1-21-16-8-6-14(7-9-16)12-25-18-17(5-2-10-22-18)23-19(25)24-11-3-4-15(20)13-24;/h2,5-10,15H,3-4,11-13,20H2;1H/t15-;/m0./s1.